The van der Waals surface area contributed by atoms with E-state index < -0.39 is 0 Å². The van der Waals surface area contributed by atoms with E-state index in [1.54, 1.807) is 0 Å². The van der Waals surface area contributed by atoms with Gasteiger partial charge in [0.15, 0.2) is 0 Å². The largest absolute Gasteiger partial charge is 0.356 e. The Bertz CT molecular complexity index is 2150. The lowest BCUT2D eigenvalue weighted by molar-refractivity contribution is 0.315. The van der Waals surface area contributed by atoms with Crippen molar-refractivity contribution in [3.05, 3.63) is 88.9 Å². The molecule has 49 heavy (non-hydrogen) atoms. The summed E-state index contributed by atoms with van der Waals surface area (Å²) in [6.07, 6.45) is 9.63. The molecule has 260 valence electrons. The number of H-pyrrole nitrogens is 3. The van der Waals surface area contributed by atoms with E-state index in [4.69, 9.17) is 9.97 Å². The van der Waals surface area contributed by atoms with Crippen LogP contribution in [0.15, 0.2) is 55.1 Å². The number of rotatable bonds is 8. The normalized spacial score (nSPS) is 14.1. The highest BCUT2D eigenvalue weighted by Crippen LogP contribution is 2.51. The molecule has 0 bridgehead atoms. The van der Waals surface area contributed by atoms with Crippen LogP contribution in [-0.2, 0) is 32.5 Å². The van der Waals surface area contributed by atoms with Crippen molar-refractivity contribution in [2.24, 2.45) is 0 Å². The van der Waals surface area contributed by atoms with E-state index in [0.29, 0.717) is 0 Å². The fourth-order valence-corrected chi connectivity index (χ4v) is 9.36. The summed E-state index contributed by atoms with van der Waals surface area (Å²) in [7, 11) is 0. The van der Waals surface area contributed by atoms with Gasteiger partial charge in [-0.3, -0.25) is 9.97 Å². The maximum absolute atomic E-state index is 4.86. The lowest BCUT2D eigenvalue weighted by Gasteiger charge is -2.41. The molecule has 0 unspecified atom stereocenters. The monoisotopic (exact) mass is 658 g/mol. The van der Waals surface area contributed by atoms with Crippen molar-refractivity contribution < 1.29 is 0 Å². The summed E-state index contributed by atoms with van der Waals surface area (Å²) in [5.41, 5.74) is 11.4. The van der Waals surface area contributed by atoms with Gasteiger partial charge in [-0.15, -0.1) is 0 Å². The number of nitrogens with one attached hydrogen (secondary N) is 3. The maximum atomic E-state index is 4.86. The Kier molecular flexibility index (Phi) is 8.05. The summed E-state index contributed by atoms with van der Waals surface area (Å²) in [6.45, 7) is 33.1. The third kappa shape index (κ3) is 6.10. The number of hydrogen-bond donors (Lipinski definition) is 3. The molecule has 6 heterocycles. The fourth-order valence-electron chi connectivity index (χ4n) is 9.36. The van der Waals surface area contributed by atoms with Crippen LogP contribution in [-0.4, -0.2) is 29.9 Å². The molecule has 0 aromatic carbocycles. The van der Waals surface area contributed by atoms with E-state index in [0.717, 1.165) is 35.0 Å². The number of fused-ring (bicyclic) bond motifs is 3. The third-order valence-electron chi connectivity index (χ3n) is 10.7. The molecule has 0 amide bonds. The number of aromatic nitrogens is 6. The van der Waals surface area contributed by atoms with Gasteiger partial charge in [-0.25, -0.2) is 4.98 Å². The van der Waals surface area contributed by atoms with E-state index in [1.165, 1.54) is 44.5 Å². The third-order valence-corrected chi connectivity index (χ3v) is 10.7. The van der Waals surface area contributed by atoms with Crippen molar-refractivity contribution in [2.45, 2.75) is 142 Å². The second-order valence-corrected chi connectivity index (χ2v) is 19.2. The second-order valence-electron chi connectivity index (χ2n) is 19.2. The van der Waals surface area contributed by atoms with Gasteiger partial charge >= 0.3 is 0 Å². The van der Waals surface area contributed by atoms with Crippen LogP contribution in [0.1, 0.15) is 144 Å². The predicted octanol–water partition coefficient (Wildman–Crippen LogP) is 11.2. The van der Waals surface area contributed by atoms with E-state index in [9.17, 15) is 0 Å². The van der Waals surface area contributed by atoms with Gasteiger partial charge in [0.2, 0.25) is 0 Å². The molecule has 6 heteroatoms. The lowest BCUT2D eigenvalue weighted by atomic mass is 9.63. The fraction of sp³-hybridized carbons (Fsp3) is 0.512. The molecule has 0 saturated carbocycles. The summed E-state index contributed by atoms with van der Waals surface area (Å²) in [4.78, 5) is 25.7. The topological polar surface area (TPSA) is 86.0 Å². The molecule has 0 aliphatic carbocycles. The molecular weight excluding hydrogens is 601 g/mol. The molecule has 0 saturated heterocycles. The van der Waals surface area contributed by atoms with Gasteiger partial charge in [0, 0.05) is 68.3 Å². The summed E-state index contributed by atoms with van der Waals surface area (Å²) >= 11 is 0. The minimum absolute atomic E-state index is 0.0486. The Labute approximate surface area is 293 Å². The first-order valence-corrected chi connectivity index (χ1v) is 18.0. The van der Waals surface area contributed by atoms with Crippen LogP contribution in [0, 0.1) is 0 Å². The van der Waals surface area contributed by atoms with Gasteiger partial charge in [-0.1, -0.05) is 96.9 Å². The molecule has 6 aromatic heterocycles. The van der Waals surface area contributed by atoms with Gasteiger partial charge in [0.05, 0.1) is 22.7 Å². The minimum atomic E-state index is -0.193. The highest BCUT2D eigenvalue weighted by atomic mass is 14.9. The van der Waals surface area contributed by atoms with Gasteiger partial charge in [0.25, 0.3) is 0 Å². The van der Waals surface area contributed by atoms with Crippen LogP contribution >= 0.6 is 0 Å². The van der Waals surface area contributed by atoms with Crippen molar-refractivity contribution in [2.75, 3.05) is 0 Å². The molecule has 3 N–H and O–H groups in total. The molecule has 6 aromatic rings. The first-order valence-electron chi connectivity index (χ1n) is 18.0. The van der Waals surface area contributed by atoms with E-state index >= 15 is 0 Å². The van der Waals surface area contributed by atoms with E-state index in [1.807, 2.05) is 30.9 Å². The average Bonchev–Trinajstić information content (AvgIpc) is 3.68. The SMILES string of the molecule is CC(C)(C)c1[nH]c2ncccc2c1C(C)(C)CC(C)(C)c1[nH]c2cnccc2c1C(C)(C)CC(C)(C)c1[nH]c2cccnc2c1C(C)(C)C. The Morgan fingerprint density at radius 2 is 1.04 bits per heavy atom. The summed E-state index contributed by atoms with van der Waals surface area (Å²) in [5, 5.41) is 2.48. The Balaban J connectivity index is 1.47. The Morgan fingerprint density at radius 3 is 1.65 bits per heavy atom. The van der Waals surface area contributed by atoms with E-state index in [-0.39, 0.29) is 32.5 Å². The van der Waals surface area contributed by atoms with Crippen molar-refractivity contribution in [3.8, 4) is 0 Å². The quantitative estimate of drug-likeness (QED) is 0.152. The molecular formula is C43H58N6. The molecule has 0 radical (unpaired) electrons. The number of aromatic amines is 3. The molecule has 0 fully saturated rings. The van der Waals surface area contributed by atoms with Crippen molar-refractivity contribution in [1.82, 2.24) is 29.9 Å². The minimum Gasteiger partial charge on any atom is -0.356 e. The highest BCUT2D eigenvalue weighted by Gasteiger charge is 2.44. The van der Waals surface area contributed by atoms with Crippen LogP contribution < -0.4 is 0 Å². The van der Waals surface area contributed by atoms with E-state index in [2.05, 4.69) is 141 Å². The van der Waals surface area contributed by atoms with Crippen molar-refractivity contribution in [3.63, 3.8) is 0 Å². The first kappa shape index (κ1) is 34.9. The summed E-state index contributed by atoms with van der Waals surface area (Å²) in [5.74, 6) is 0. The van der Waals surface area contributed by atoms with Crippen molar-refractivity contribution in [1.29, 1.82) is 0 Å². The zero-order chi connectivity index (χ0) is 35.9. The van der Waals surface area contributed by atoms with Crippen LogP contribution in [0.2, 0.25) is 0 Å². The summed E-state index contributed by atoms with van der Waals surface area (Å²) in [6, 6.07) is 10.7. The second kappa shape index (κ2) is 11.3. The molecule has 0 spiro atoms. The molecule has 0 atom stereocenters. The zero-order valence-electron chi connectivity index (χ0n) is 32.5. The maximum Gasteiger partial charge on any atom is 0.137 e. The van der Waals surface area contributed by atoms with Gasteiger partial charge in [0.1, 0.15) is 5.65 Å². The Morgan fingerprint density at radius 1 is 0.490 bits per heavy atom. The first-order chi connectivity index (χ1) is 22.5. The molecule has 0 aliphatic rings. The molecule has 0 aliphatic heterocycles. The van der Waals surface area contributed by atoms with Crippen LogP contribution in [0.5, 0.6) is 0 Å². The van der Waals surface area contributed by atoms with Crippen LogP contribution in [0.3, 0.4) is 0 Å². The molecule has 6 rings (SSSR count). The number of hydrogen-bond acceptors (Lipinski definition) is 3. The predicted molar refractivity (Wildman–Crippen MR) is 207 cm³/mol. The van der Waals surface area contributed by atoms with Crippen LogP contribution in [0.4, 0.5) is 0 Å². The lowest BCUT2D eigenvalue weighted by Crippen LogP contribution is -2.36. The number of pyridine rings is 3. The van der Waals surface area contributed by atoms with Gasteiger partial charge in [-0.05, 0) is 70.5 Å². The van der Waals surface area contributed by atoms with Crippen molar-refractivity contribution >= 4 is 33.0 Å². The van der Waals surface area contributed by atoms with Gasteiger partial charge < -0.3 is 15.0 Å². The molecule has 6 nitrogen and oxygen atoms in total. The highest BCUT2D eigenvalue weighted by molar-refractivity contribution is 5.86. The standard InChI is InChI=1S/C43H58N6/c1-38(2,3)32-33-28(18-16-20-45-33)47-36(32)43(13,14)24-40(7,8)30-26-19-22-44-23-29(26)48-35(30)42(11,12)25-41(9,10)31-27-17-15-21-46-37(27)49-34(31)39(4,5)6/h15-23,47-48H,24-25H2,1-14H3,(H,46,49). The number of nitrogens with zero attached hydrogens (tertiary/aromatic N) is 3. The zero-order valence-corrected chi connectivity index (χ0v) is 32.5. The average molecular weight is 659 g/mol. The van der Waals surface area contributed by atoms with Gasteiger partial charge in [-0.2, -0.15) is 0 Å². The van der Waals surface area contributed by atoms with Crippen LogP contribution in [0.25, 0.3) is 33.0 Å². The Hall–Kier alpha value is -3.93. The summed E-state index contributed by atoms with van der Waals surface area (Å²) < 4.78 is 0. The smallest absolute Gasteiger partial charge is 0.137 e.